The highest BCUT2D eigenvalue weighted by Crippen LogP contribution is 2.26. The second kappa shape index (κ2) is 7.76. The van der Waals surface area contributed by atoms with Gasteiger partial charge in [0.1, 0.15) is 17.2 Å². The Morgan fingerprint density at radius 1 is 1.10 bits per heavy atom. The Kier molecular flexibility index (Phi) is 5.72. The van der Waals surface area contributed by atoms with E-state index in [0.29, 0.717) is 12.3 Å². The molecular formula is C16H18ClNO3. The van der Waals surface area contributed by atoms with Gasteiger partial charge in [0.2, 0.25) is 0 Å². The minimum absolute atomic E-state index is 0.212. The number of hydrogen-bond acceptors (Lipinski definition) is 4. The summed E-state index contributed by atoms with van der Waals surface area (Å²) in [7, 11) is 1.62. The first kappa shape index (κ1) is 15.5. The zero-order chi connectivity index (χ0) is 15.1. The van der Waals surface area contributed by atoms with E-state index in [4.69, 9.17) is 21.1 Å². The van der Waals surface area contributed by atoms with Gasteiger partial charge in [0, 0.05) is 18.3 Å². The van der Waals surface area contributed by atoms with Gasteiger partial charge in [0.25, 0.3) is 0 Å². The molecule has 2 N–H and O–H groups in total. The lowest BCUT2D eigenvalue weighted by molar-refractivity contribution is 0.211. The van der Waals surface area contributed by atoms with Crippen molar-refractivity contribution < 1.29 is 14.6 Å². The lowest BCUT2D eigenvalue weighted by Crippen LogP contribution is -2.20. The molecule has 0 aromatic heterocycles. The summed E-state index contributed by atoms with van der Waals surface area (Å²) in [6.07, 6.45) is -0.556. The molecule has 1 unspecified atom stereocenters. The molecule has 0 bridgehead atoms. The Balaban J connectivity index is 1.95. The summed E-state index contributed by atoms with van der Waals surface area (Å²) in [6.45, 7) is 0.416. The summed E-state index contributed by atoms with van der Waals surface area (Å²) < 4.78 is 10.9. The Morgan fingerprint density at radius 3 is 2.48 bits per heavy atom. The maximum Gasteiger partial charge on any atom is 0.131 e. The van der Waals surface area contributed by atoms with Gasteiger partial charge in [-0.25, -0.2) is 0 Å². The molecule has 5 heteroatoms. The summed E-state index contributed by atoms with van der Waals surface area (Å²) in [5.41, 5.74) is 0.900. The molecular weight excluding hydrogens is 290 g/mol. The van der Waals surface area contributed by atoms with Crippen molar-refractivity contribution in [3.8, 4) is 17.2 Å². The van der Waals surface area contributed by atoms with Crippen LogP contribution in [0.3, 0.4) is 0 Å². The monoisotopic (exact) mass is 307 g/mol. The fourth-order valence-corrected chi connectivity index (χ4v) is 1.84. The van der Waals surface area contributed by atoms with Crippen LogP contribution in [-0.2, 0) is 0 Å². The van der Waals surface area contributed by atoms with Crippen molar-refractivity contribution in [2.45, 2.75) is 6.10 Å². The van der Waals surface area contributed by atoms with E-state index in [1.807, 2.05) is 48.5 Å². The molecule has 4 nitrogen and oxygen atoms in total. The van der Waals surface area contributed by atoms with Crippen molar-refractivity contribution in [3.05, 3.63) is 48.5 Å². The minimum atomic E-state index is -0.556. The largest absolute Gasteiger partial charge is 0.497 e. The second-order valence-corrected chi connectivity index (χ2v) is 4.80. The van der Waals surface area contributed by atoms with Gasteiger partial charge in [-0.2, -0.15) is 0 Å². The van der Waals surface area contributed by atoms with Crippen LogP contribution in [0.4, 0.5) is 5.69 Å². The highest BCUT2D eigenvalue weighted by Gasteiger charge is 2.02. The molecule has 112 valence electrons. The normalized spacial score (nSPS) is 11.8. The van der Waals surface area contributed by atoms with E-state index >= 15 is 0 Å². The van der Waals surface area contributed by atoms with Crippen LogP contribution < -0.4 is 14.8 Å². The van der Waals surface area contributed by atoms with Crippen LogP contribution in [0.5, 0.6) is 17.2 Å². The molecule has 0 fully saturated rings. The van der Waals surface area contributed by atoms with Gasteiger partial charge >= 0.3 is 0 Å². The highest BCUT2D eigenvalue weighted by atomic mass is 35.5. The van der Waals surface area contributed by atoms with E-state index in [2.05, 4.69) is 5.32 Å². The molecule has 0 aliphatic rings. The maximum atomic E-state index is 9.39. The Hall–Kier alpha value is -1.91. The number of rotatable bonds is 7. The van der Waals surface area contributed by atoms with E-state index in [1.54, 1.807) is 7.11 Å². The molecule has 2 aromatic carbocycles. The highest BCUT2D eigenvalue weighted by molar-refractivity contribution is 6.18. The van der Waals surface area contributed by atoms with Crippen molar-refractivity contribution in [2.75, 3.05) is 24.9 Å². The first-order valence-electron chi connectivity index (χ1n) is 6.61. The third-order valence-corrected chi connectivity index (χ3v) is 3.21. The molecule has 0 radical (unpaired) electrons. The SMILES string of the molecule is COc1cccc(Oc2ccc(NCC(O)CCl)cc2)c1. The van der Waals surface area contributed by atoms with Crippen molar-refractivity contribution in [2.24, 2.45) is 0 Å². The molecule has 0 aliphatic heterocycles. The number of nitrogens with one attached hydrogen (secondary N) is 1. The first-order chi connectivity index (χ1) is 10.2. The molecule has 0 saturated heterocycles. The van der Waals surface area contributed by atoms with E-state index < -0.39 is 6.10 Å². The predicted octanol–water partition coefficient (Wildman–Crippen LogP) is 3.50. The van der Waals surface area contributed by atoms with E-state index in [0.717, 1.165) is 17.2 Å². The number of hydrogen-bond donors (Lipinski definition) is 2. The second-order valence-electron chi connectivity index (χ2n) is 4.49. The summed E-state index contributed by atoms with van der Waals surface area (Å²) in [5, 5.41) is 12.5. The molecule has 0 heterocycles. The number of aliphatic hydroxyl groups excluding tert-OH is 1. The van der Waals surface area contributed by atoms with Gasteiger partial charge in [-0.15, -0.1) is 11.6 Å². The van der Waals surface area contributed by atoms with Gasteiger partial charge in [-0.05, 0) is 36.4 Å². The maximum absolute atomic E-state index is 9.39. The van der Waals surface area contributed by atoms with Crippen LogP contribution in [0.2, 0.25) is 0 Å². The quantitative estimate of drug-likeness (QED) is 0.769. The summed E-state index contributed by atoms with van der Waals surface area (Å²) >= 11 is 5.54. The predicted molar refractivity (Wildman–Crippen MR) is 84.7 cm³/mol. The lowest BCUT2D eigenvalue weighted by atomic mass is 10.3. The molecule has 2 rings (SSSR count). The zero-order valence-corrected chi connectivity index (χ0v) is 12.5. The summed E-state index contributed by atoms with van der Waals surface area (Å²) in [5.74, 6) is 2.41. The van der Waals surface area contributed by atoms with Crippen molar-refractivity contribution in [1.82, 2.24) is 0 Å². The number of aliphatic hydroxyl groups is 1. The fourth-order valence-electron chi connectivity index (χ4n) is 1.73. The lowest BCUT2D eigenvalue weighted by Gasteiger charge is -2.11. The van der Waals surface area contributed by atoms with Crippen molar-refractivity contribution in [3.63, 3.8) is 0 Å². The smallest absolute Gasteiger partial charge is 0.131 e. The van der Waals surface area contributed by atoms with E-state index in [1.165, 1.54) is 0 Å². The number of ether oxygens (including phenoxy) is 2. The van der Waals surface area contributed by atoms with Crippen LogP contribution >= 0.6 is 11.6 Å². The molecule has 0 aliphatic carbocycles. The Bertz CT molecular complexity index is 560. The molecule has 2 aromatic rings. The third kappa shape index (κ3) is 4.85. The summed E-state index contributed by atoms with van der Waals surface area (Å²) in [6, 6.07) is 14.9. The van der Waals surface area contributed by atoms with Crippen LogP contribution in [-0.4, -0.2) is 30.7 Å². The molecule has 0 amide bonds. The van der Waals surface area contributed by atoms with Crippen LogP contribution in [0.25, 0.3) is 0 Å². The van der Waals surface area contributed by atoms with Gasteiger partial charge in [0.15, 0.2) is 0 Å². The van der Waals surface area contributed by atoms with Crippen LogP contribution in [0, 0.1) is 0 Å². The van der Waals surface area contributed by atoms with Gasteiger partial charge in [0.05, 0.1) is 19.1 Å². The number of anilines is 1. The van der Waals surface area contributed by atoms with Gasteiger partial charge < -0.3 is 19.9 Å². The number of methoxy groups -OCH3 is 1. The average Bonchev–Trinajstić information content (AvgIpc) is 2.54. The van der Waals surface area contributed by atoms with E-state index in [9.17, 15) is 5.11 Å². The minimum Gasteiger partial charge on any atom is -0.497 e. The Morgan fingerprint density at radius 2 is 1.81 bits per heavy atom. The number of halogens is 1. The molecule has 0 spiro atoms. The number of benzene rings is 2. The van der Waals surface area contributed by atoms with Crippen molar-refractivity contribution in [1.29, 1.82) is 0 Å². The molecule has 21 heavy (non-hydrogen) atoms. The molecule has 0 saturated carbocycles. The van der Waals surface area contributed by atoms with Gasteiger partial charge in [-0.1, -0.05) is 6.07 Å². The third-order valence-electron chi connectivity index (χ3n) is 2.85. The first-order valence-corrected chi connectivity index (χ1v) is 7.14. The zero-order valence-electron chi connectivity index (χ0n) is 11.8. The standard InChI is InChI=1S/C16H18ClNO3/c1-20-15-3-2-4-16(9-15)21-14-7-5-12(6-8-14)18-11-13(19)10-17/h2-9,13,18-19H,10-11H2,1H3. The Labute approximate surface area is 129 Å². The summed E-state index contributed by atoms with van der Waals surface area (Å²) in [4.78, 5) is 0. The van der Waals surface area contributed by atoms with Crippen molar-refractivity contribution >= 4 is 17.3 Å². The van der Waals surface area contributed by atoms with Crippen LogP contribution in [0.1, 0.15) is 0 Å². The van der Waals surface area contributed by atoms with Gasteiger partial charge in [-0.3, -0.25) is 0 Å². The number of alkyl halides is 1. The molecule has 1 atom stereocenters. The van der Waals surface area contributed by atoms with Crippen LogP contribution in [0.15, 0.2) is 48.5 Å². The van der Waals surface area contributed by atoms with E-state index in [-0.39, 0.29) is 5.88 Å². The average molecular weight is 308 g/mol. The fraction of sp³-hybridized carbons (Fsp3) is 0.250. The topological polar surface area (TPSA) is 50.7 Å².